The quantitative estimate of drug-likeness (QED) is 0.804. The highest BCUT2D eigenvalue weighted by Gasteiger charge is 2.06. The fraction of sp³-hybridized carbons (Fsp3) is 0.0667. The largest absolute Gasteiger partial charge is 0.348 e. The van der Waals surface area contributed by atoms with Gasteiger partial charge in [-0.25, -0.2) is 4.52 Å². The average Bonchev–Trinajstić information content (AvgIpc) is 2.93. The van der Waals surface area contributed by atoms with E-state index in [0.717, 1.165) is 11.1 Å². The van der Waals surface area contributed by atoms with Gasteiger partial charge in [0.05, 0.1) is 11.1 Å². The van der Waals surface area contributed by atoms with Crippen LogP contribution in [0.3, 0.4) is 0 Å². The van der Waals surface area contributed by atoms with Crippen molar-refractivity contribution in [2.75, 3.05) is 0 Å². The SMILES string of the molecule is O=C(NCc1ccc(Cl)cc1)c1ccc2ccnn2c1. The molecule has 1 aromatic carbocycles. The molecule has 3 rings (SSSR count). The molecular weight excluding hydrogens is 274 g/mol. The maximum atomic E-state index is 12.1. The van der Waals surface area contributed by atoms with Gasteiger partial charge in [-0.15, -0.1) is 0 Å². The summed E-state index contributed by atoms with van der Waals surface area (Å²) in [5.41, 5.74) is 2.54. The van der Waals surface area contributed by atoms with Crippen LogP contribution in [0.5, 0.6) is 0 Å². The van der Waals surface area contributed by atoms with Crippen LogP contribution in [0.15, 0.2) is 54.9 Å². The van der Waals surface area contributed by atoms with Crippen LogP contribution in [0.4, 0.5) is 0 Å². The Kier molecular flexibility index (Phi) is 3.39. The standard InChI is InChI=1S/C15H12ClN3O/c16-13-4-1-11(2-5-13)9-17-15(20)12-3-6-14-7-8-18-19(14)10-12/h1-8,10H,9H2,(H,17,20). The molecule has 1 amide bonds. The summed E-state index contributed by atoms with van der Waals surface area (Å²) in [5.74, 6) is -0.127. The van der Waals surface area contributed by atoms with E-state index in [2.05, 4.69) is 10.4 Å². The van der Waals surface area contributed by atoms with Crippen molar-refractivity contribution in [3.05, 3.63) is 71.0 Å². The topological polar surface area (TPSA) is 46.4 Å². The third kappa shape index (κ3) is 2.65. The maximum Gasteiger partial charge on any atom is 0.253 e. The molecule has 1 N–H and O–H groups in total. The third-order valence-corrected chi connectivity index (χ3v) is 3.28. The Morgan fingerprint density at radius 3 is 2.75 bits per heavy atom. The Labute approximate surface area is 121 Å². The van der Waals surface area contributed by atoms with Crippen molar-refractivity contribution in [1.82, 2.24) is 14.9 Å². The summed E-state index contributed by atoms with van der Waals surface area (Å²) >= 11 is 5.82. The molecule has 0 fully saturated rings. The minimum Gasteiger partial charge on any atom is -0.348 e. The zero-order chi connectivity index (χ0) is 13.9. The predicted octanol–water partition coefficient (Wildman–Crippen LogP) is 2.92. The summed E-state index contributed by atoms with van der Waals surface area (Å²) in [4.78, 5) is 12.1. The minimum atomic E-state index is -0.127. The lowest BCUT2D eigenvalue weighted by atomic mass is 10.2. The number of hydrogen-bond donors (Lipinski definition) is 1. The Hall–Kier alpha value is -2.33. The van der Waals surface area contributed by atoms with Gasteiger partial charge in [-0.05, 0) is 35.9 Å². The molecule has 0 aliphatic heterocycles. The van der Waals surface area contributed by atoms with Crippen LogP contribution in [0.2, 0.25) is 5.02 Å². The lowest BCUT2D eigenvalue weighted by Crippen LogP contribution is -2.23. The Morgan fingerprint density at radius 1 is 1.15 bits per heavy atom. The van der Waals surface area contributed by atoms with E-state index in [1.807, 2.05) is 24.3 Å². The van der Waals surface area contributed by atoms with Crippen molar-refractivity contribution >= 4 is 23.0 Å². The number of nitrogens with zero attached hydrogens (tertiary/aromatic N) is 2. The smallest absolute Gasteiger partial charge is 0.253 e. The van der Waals surface area contributed by atoms with Crippen LogP contribution in [0, 0.1) is 0 Å². The van der Waals surface area contributed by atoms with Crippen molar-refractivity contribution in [2.24, 2.45) is 0 Å². The zero-order valence-corrected chi connectivity index (χ0v) is 11.3. The van der Waals surface area contributed by atoms with Gasteiger partial charge >= 0.3 is 0 Å². The second kappa shape index (κ2) is 5.35. The van der Waals surface area contributed by atoms with Gasteiger partial charge in [-0.1, -0.05) is 23.7 Å². The first-order valence-electron chi connectivity index (χ1n) is 6.18. The lowest BCUT2D eigenvalue weighted by molar-refractivity contribution is 0.0950. The summed E-state index contributed by atoms with van der Waals surface area (Å²) in [6.07, 6.45) is 3.41. The molecule has 3 aromatic rings. The van der Waals surface area contributed by atoms with Gasteiger partial charge < -0.3 is 5.32 Å². The molecular formula is C15H12ClN3O. The number of benzene rings is 1. The van der Waals surface area contributed by atoms with Crippen molar-refractivity contribution in [2.45, 2.75) is 6.54 Å². The number of hydrogen-bond acceptors (Lipinski definition) is 2. The number of nitrogens with one attached hydrogen (secondary N) is 1. The molecule has 5 heteroatoms. The van der Waals surface area contributed by atoms with Crippen LogP contribution in [-0.2, 0) is 6.54 Å². The van der Waals surface area contributed by atoms with Crippen LogP contribution in [0.1, 0.15) is 15.9 Å². The van der Waals surface area contributed by atoms with Crippen LogP contribution < -0.4 is 5.32 Å². The number of amides is 1. The molecule has 0 unspecified atom stereocenters. The van der Waals surface area contributed by atoms with Gasteiger partial charge in [0.25, 0.3) is 5.91 Å². The van der Waals surface area contributed by atoms with Gasteiger partial charge in [0.15, 0.2) is 0 Å². The van der Waals surface area contributed by atoms with E-state index < -0.39 is 0 Å². The molecule has 4 nitrogen and oxygen atoms in total. The Morgan fingerprint density at radius 2 is 1.95 bits per heavy atom. The van der Waals surface area contributed by atoms with Crippen molar-refractivity contribution < 1.29 is 4.79 Å². The molecule has 0 saturated carbocycles. The monoisotopic (exact) mass is 285 g/mol. The summed E-state index contributed by atoms with van der Waals surface area (Å²) in [7, 11) is 0. The highest BCUT2D eigenvalue weighted by Crippen LogP contribution is 2.10. The first kappa shape index (κ1) is 12.7. The van der Waals surface area contributed by atoms with E-state index >= 15 is 0 Å². The molecule has 0 aliphatic rings. The third-order valence-electron chi connectivity index (χ3n) is 3.02. The van der Waals surface area contributed by atoms with Gasteiger partial charge in [0.1, 0.15) is 0 Å². The first-order valence-corrected chi connectivity index (χ1v) is 6.56. The molecule has 0 bridgehead atoms. The molecule has 0 saturated heterocycles. The number of rotatable bonds is 3. The summed E-state index contributed by atoms with van der Waals surface area (Å²) in [5, 5.41) is 7.66. The highest BCUT2D eigenvalue weighted by atomic mass is 35.5. The normalized spacial score (nSPS) is 10.7. The van der Waals surface area contributed by atoms with E-state index in [1.165, 1.54) is 0 Å². The molecule has 2 heterocycles. The lowest BCUT2D eigenvalue weighted by Gasteiger charge is -2.06. The molecule has 100 valence electrons. The van der Waals surface area contributed by atoms with Gasteiger partial charge in [-0.3, -0.25) is 4.79 Å². The van der Waals surface area contributed by atoms with Gasteiger partial charge in [0, 0.05) is 24.0 Å². The second-order valence-electron chi connectivity index (χ2n) is 4.43. The van der Waals surface area contributed by atoms with Crippen LogP contribution in [-0.4, -0.2) is 15.5 Å². The number of carbonyl (C=O) groups excluding carboxylic acids is 1. The van der Waals surface area contributed by atoms with E-state index in [-0.39, 0.29) is 5.91 Å². The second-order valence-corrected chi connectivity index (χ2v) is 4.86. The van der Waals surface area contributed by atoms with E-state index in [0.29, 0.717) is 17.1 Å². The van der Waals surface area contributed by atoms with Crippen LogP contribution >= 0.6 is 11.6 Å². The number of halogens is 1. The van der Waals surface area contributed by atoms with Crippen molar-refractivity contribution in [1.29, 1.82) is 0 Å². The number of fused-ring (bicyclic) bond motifs is 1. The first-order chi connectivity index (χ1) is 9.72. The molecule has 2 aromatic heterocycles. The Balaban J connectivity index is 1.70. The zero-order valence-electron chi connectivity index (χ0n) is 10.6. The summed E-state index contributed by atoms with van der Waals surface area (Å²) in [6, 6.07) is 12.9. The predicted molar refractivity (Wildman–Crippen MR) is 77.8 cm³/mol. The molecule has 0 atom stereocenters. The fourth-order valence-electron chi connectivity index (χ4n) is 1.94. The molecule has 0 radical (unpaired) electrons. The van der Waals surface area contributed by atoms with Crippen molar-refractivity contribution in [3.8, 4) is 0 Å². The summed E-state index contributed by atoms with van der Waals surface area (Å²) in [6.45, 7) is 0.465. The maximum absolute atomic E-state index is 12.1. The van der Waals surface area contributed by atoms with E-state index in [9.17, 15) is 4.79 Å². The highest BCUT2D eigenvalue weighted by molar-refractivity contribution is 6.30. The fourth-order valence-corrected chi connectivity index (χ4v) is 2.06. The Bertz CT molecular complexity index is 749. The van der Waals surface area contributed by atoms with E-state index in [1.54, 1.807) is 35.1 Å². The number of aromatic nitrogens is 2. The van der Waals surface area contributed by atoms with E-state index in [4.69, 9.17) is 11.6 Å². The molecule has 0 spiro atoms. The molecule has 0 aliphatic carbocycles. The number of pyridine rings is 1. The minimum absolute atomic E-state index is 0.127. The van der Waals surface area contributed by atoms with Crippen LogP contribution in [0.25, 0.3) is 5.52 Å². The van der Waals surface area contributed by atoms with Gasteiger partial charge in [0.2, 0.25) is 0 Å². The van der Waals surface area contributed by atoms with Gasteiger partial charge in [-0.2, -0.15) is 5.10 Å². The molecule has 20 heavy (non-hydrogen) atoms. The van der Waals surface area contributed by atoms with Crippen molar-refractivity contribution in [3.63, 3.8) is 0 Å². The number of carbonyl (C=O) groups is 1. The average molecular weight is 286 g/mol. The summed E-state index contributed by atoms with van der Waals surface area (Å²) < 4.78 is 1.68.